The van der Waals surface area contributed by atoms with E-state index in [1.807, 2.05) is 30.1 Å². The summed E-state index contributed by atoms with van der Waals surface area (Å²) in [4.78, 5) is 0. The molecule has 0 saturated carbocycles. The maximum Gasteiger partial charge on any atom is 0.115 e. The van der Waals surface area contributed by atoms with Crippen molar-refractivity contribution in [2.24, 2.45) is 7.05 Å². The number of rotatable bonds is 6. The highest BCUT2D eigenvalue weighted by atomic mass is 16.3. The van der Waals surface area contributed by atoms with Crippen molar-refractivity contribution < 1.29 is 5.11 Å². The van der Waals surface area contributed by atoms with Crippen LogP contribution in [0.1, 0.15) is 30.2 Å². The van der Waals surface area contributed by atoms with Crippen molar-refractivity contribution in [2.45, 2.75) is 39.3 Å². The lowest BCUT2D eigenvalue weighted by atomic mass is 10.1. The maximum atomic E-state index is 9.25. The zero-order valence-electron chi connectivity index (χ0n) is 12.4. The Morgan fingerprint density at radius 2 is 2.00 bits per heavy atom. The van der Waals surface area contributed by atoms with Crippen LogP contribution in [0.25, 0.3) is 0 Å². The standard InChI is InChI=1S/C16H23N3O/c1-12(4-5-14-6-8-16(20)9-7-14)17-10-15-11-18-19(3)13(15)2/h6-9,11-12,17,20H,4-5,10H2,1-3H3. The van der Waals surface area contributed by atoms with Crippen LogP contribution in [0.5, 0.6) is 5.75 Å². The second-order valence-electron chi connectivity index (χ2n) is 5.37. The number of aryl methyl sites for hydroxylation is 2. The minimum absolute atomic E-state index is 0.326. The molecule has 2 aromatic rings. The number of phenols is 1. The van der Waals surface area contributed by atoms with E-state index in [-0.39, 0.29) is 0 Å². The largest absolute Gasteiger partial charge is 0.508 e. The Hall–Kier alpha value is -1.81. The first-order chi connectivity index (χ1) is 9.56. The van der Waals surface area contributed by atoms with Crippen LogP contribution in [0, 0.1) is 6.92 Å². The predicted octanol–water partition coefficient (Wildman–Crippen LogP) is 2.55. The van der Waals surface area contributed by atoms with E-state index < -0.39 is 0 Å². The van der Waals surface area contributed by atoms with E-state index in [9.17, 15) is 5.11 Å². The first kappa shape index (κ1) is 14.6. The van der Waals surface area contributed by atoms with Crippen LogP contribution in [-0.4, -0.2) is 20.9 Å². The normalized spacial score (nSPS) is 12.6. The maximum absolute atomic E-state index is 9.25. The van der Waals surface area contributed by atoms with E-state index in [1.165, 1.54) is 16.8 Å². The second-order valence-corrected chi connectivity index (χ2v) is 5.37. The van der Waals surface area contributed by atoms with Crippen LogP contribution in [0.4, 0.5) is 0 Å². The van der Waals surface area contributed by atoms with Gasteiger partial charge in [-0.15, -0.1) is 0 Å². The summed E-state index contributed by atoms with van der Waals surface area (Å²) in [7, 11) is 1.97. The number of nitrogens with zero attached hydrogens (tertiary/aromatic N) is 2. The number of aromatic nitrogens is 2. The van der Waals surface area contributed by atoms with Gasteiger partial charge in [0.25, 0.3) is 0 Å². The molecule has 2 rings (SSSR count). The zero-order chi connectivity index (χ0) is 14.5. The molecule has 4 heteroatoms. The smallest absolute Gasteiger partial charge is 0.115 e. The molecule has 1 aromatic carbocycles. The van der Waals surface area contributed by atoms with E-state index >= 15 is 0 Å². The molecule has 1 aromatic heterocycles. The van der Waals surface area contributed by atoms with Gasteiger partial charge in [-0.1, -0.05) is 12.1 Å². The highest BCUT2D eigenvalue weighted by Gasteiger charge is 2.06. The first-order valence-electron chi connectivity index (χ1n) is 7.05. The number of nitrogens with one attached hydrogen (secondary N) is 1. The fraction of sp³-hybridized carbons (Fsp3) is 0.438. The average Bonchev–Trinajstić information content (AvgIpc) is 2.76. The van der Waals surface area contributed by atoms with Crippen molar-refractivity contribution in [1.82, 2.24) is 15.1 Å². The molecule has 4 nitrogen and oxygen atoms in total. The van der Waals surface area contributed by atoms with E-state index in [0.717, 1.165) is 19.4 Å². The topological polar surface area (TPSA) is 50.1 Å². The molecular formula is C16H23N3O. The Kier molecular flexibility index (Phi) is 4.79. The van der Waals surface area contributed by atoms with Gasteiger partial charge in [0.1, 0.15) is 5.75 Å². The number of hydrogen-bond acceptors (Lipinski definition) is 3. The minimum atomic E-state index is 0.326. The van der Waals surface area contributed by atoms with Crippen LogP contribution in [0.3, 0.4) is 0 Å². The summed E-state index contributed by atoms with van der Waals surface area (Å²) < 4.78 is 1.90. The lowest BCUT2D eigenvalue weighted by Gasteiger charge is -2.13. The van der Waals surface area contributed by atoms with Gasteiger partial charge < -0.3 is 10.4 Å². The molecule has 0 aliphatic carbocycles. The van der Waals surface area contributed by atoms with Crippen LogP contribution in [-0.2, 0) is 20.0 Å². The number of phenolic OH excluding ortho intramolecular Hbond substituents is 1. The van der Waals surface area contributed by atoms with Gasteiger partial charge in [0.05, 0.1) is 6.20 Å². The molecule has 0 spiro atoms. The van der Waals surface area contributed by atoms with E-state index in [1.54, 1.807) is 12.1 Å². The first-order valence-corrected chi connectivity index (χ1v) is 7.05. The summed E-state index contributed by atoms with van der Waals surface area (Å²) in [5.74, 6) is 0.326. The molecule has 0 fully saturated rings. The summed E-state index contributed by atoms with van der Waals surface area (Å²) in [6, 6.07) is 7.89. The lowest BCUT2D eigenvalue weighted by Crippen LogP contribution is -2.26. The van der Waals surface area contributed by atoms with Crippen molar-refractivity contribution in [3.63, 3.8) is 0 Å². The Morgan fingerprint density at radius 1 is 1.30 bits per heavy atom. The third-order valence-electron chi connectivity index (χ3n) is 3.78. The van der Waals surface area contributed by atoms with Crippen molar-refractivity contribution in [3.05, 3.63) is 47.3 Å². The lowest BCUT2D eigenvalue weighted by molar-refractivity contribution is 0.474. The molecule has 1 unspecified atom stereocenters. The number of hydrogen-bond donors (Lipinski definition) is 2. The number of benzene rings is 1. The summed E-state index contributed by atoms with van der Waals surface area (Å²) >= 11 is 0. The highest BCUT2D eigenvalue weighted by Crippen LogP contribution is 2.12. The molecule has 20 heavy (non-hydrogen) atoms. The highest BCUT2D eigenvalue weighted by molar-refractivity contribution is 5.26. The summed E-state index contributed by atoms with van der Waals surface area (Å²) in [5.41, 5.74) is 3.72. The van der Waals surface area contributed by atoms with Crippen LogP contribution < -0.4 is 5.32 Å². The molecule has 0 amide bonds. The monoisotopic (exact) mass is 273 g/mol. The third-order valence-corrected chi connectivity index (χ3v) is 3.78. The average molecular weight is 273 g/mol. The molecule has 0 aliphatic heterocycles. The van der Waals surface area contributed by atoms with Gasteiger partial charge in [-0.2, -0.15) is 5.10 Å². The Balaban J connectivity index is 1.76. The molecule has 0 saturated heterocycles. The van der Waals surface area contributed by atoms with Crippen molar-refractivity contribution in [1.29, 1.82) is 0 Å². The van der Waals surface area contributed by atoms with Crippen molar-refractivity contribution in [2.75, 3.05) is 0 Å². The molecular weight excluding hydrogens is 250 g/mol. The van der Waals surface area contributed by atoms with E-state index in [2.05, 4.69) is 24.3 Å². The van der Waals surface area contributed by atoms with Crippen LogP contribution in [0.2, 0.25) is 0 Å². The van der Waals surface area contributed by atoms with E-state index in [0.29, 0.717) is 11.8 Å². The zero-order valence-corrected chi connectivity index (χ0v) is 12.4. The third kappa shape index (κ3) is 3.84. The minimum Gasteiger partial charge on any atom is -0.508 e. The van der Waals surface area contributed by atoms with E-state index in [4.69, 9.17) is 0 Å². The molecule has 0 bridgehead atoms. The van der Waals surface area contributed by atoms with Crippen molar-refractivity contribution >= 4 is 0 Å². The molecule has 108 valence electrons. The molecule has 2 N–H and O–H groups in total. The summed E-state index contributed by atoms with van der Waals surface area (Å²) in [6.07, 6.45) is 4.01. The fourth-order valence-corrected chi connectivity index (χ4v) is 2.15. The summed E-state index contributed by atoms with van der Waals surface area (Å²) in [5, 5.41) is 17.0. The van der Waals surface area contributed by atoms with Gasteiger partial charge in [0.2, 0.25) is 0 Å². The van der Waals surface area contributed by atoms with Gasteiger partial charge in [0, 0.05) is 30.9 Å². The Labute approximate surface area is 120 Å². The van der Waals surface area contributed by atoms with Crippen LogP contribution >= 0.6 is 0 Å². The quantitative estimate of drug-likeness (QED) is 0.850. The molecule has 0 radical (unpaired) electrons. The fourth-order valence-electron chi connectivity index (χ4n) is 2.15. The molecule has 1 atom stereocenters. The summed E-state index contributed by atoms with van der Waals surface area (Å²) in [6.45, 7) is 5.15. The van der Waals surface area contributed by atoms with Crippen LogP contribution in [0.15, 0.2) is 30.5 Å². The van der Waals surface area contributed by atoms with Crippen molar-refractivity contribution in [3.8, 4) is 5.75 Å². The Morgan fingerprint density at radius 3 is 2.60 bits per heavy atom. The molecule has 0 aliphatic rings. The SMILES string of the molecule is Cc1c(CNC(C)CCc2ccc(O)cc2)cnn1C. The van der Waals surface area contributed by atoms with Gasteiger partial charge in [0.15, 0.2) is 0 Å². The van der Waals surface area contributed by atoms with Gasteiger partial charge in [-0.05, 0) is 44.4 Å². The molecule has 1 heterocycles. The second kappa shape index (κ2) is 6.57. The Bertz CT molecular complexity index is 545. The number of aromatic hydroxyl groups is 1. The van der Waals surface area contributed by atoms with Gasteiger partial charge in [-0.3, -0.25) is 4.68 Å². The van der Waals surface area contributed by atoms with Gasteiger partial charge in [-0.25, -0.2) is 0 Å². The van der Waals surface area contributed by atoms with Gasteiger partial charge >= 0.3 is 0 Å². The predicted molar refractivity (Wildman–Crippen MR) is 80.7 cm³/mol.